The third-order valence-electron chi connectivity index (χ3n) is 3.57. The van der Waals surface area contributed by atoms with E-state index in [9.17, 15) is 9.59 Å². The van der Waals surface area contributed by atoms with Crippen LogP contribution < -0.4 is 5.69 Å². The molecule has 1 N–H and O–H groups in total. The van der Waals surface area contributed by atoms with Crippen molar-refractivity contribution in [1.29, 1.82) is 0 Å². The standard InChI is InChI=1S/C14H13Cl2N3O4/c15-9-4-8(5-10(16)6-9)7-18-13(20)19-11(17-18)2-1-3-12(19)23-14(21)22/h4-6,12H,1-3,7H2,(H,21,22). The molecule has 2 aromatic rings. The van der Waals surface area contributed by atoms with Crippen molar-refractivity contribution >= 4 is 29.4 Å². The van der Waals surface area contributed by atoms with Crippen LogP contribution in [-0.2, 0) is 17.7 Å². The molecule has 0 bridgehead atoms. The molecule has 1 aromatic carbocycles. The van der Waals surface area contributed by atoms with Crippen LogP contribution in [0.4, 0.5) is 4.79 Å². The van der Waals surface area contributed by atoms with Crippen LogP contribution in [0, 0.1) is 0 Å². The minimum atomic E-state index is -1.41. The monoisotopic (exact) mass is 357 g/mol. The predicted molar refractivity (Wildman–Crippen MR) is 83.1 cm³/mol. The van der Waals surface area contributed by atoms with E-state index in [4.69, 9.17) is 33.0 Å². The fourth-order valence-corrected chi connectivity index (χ4v) is 3.27. The lowest BCUT2D eigenvalue weighted by molar-refractivity contribution is 0.00392. The van der Waals surface area contributed by atoms with Gasteiger partial charge < -0.3 is 9.84 Å². The zero-order valence-electron chi connectivity index (χ0n) is 11.9. The number of hydrogen-bond acceptors (Lipinski definition) is 4. The number of fused-ring (bicyclic) bond motifs is 1. The number of halogens is 2. The molecule has 2 heterocycles. The van der Waals surface area contributed by atoms with E-state index in [1.807, 2.05) is 0 Å². The second-order valence-corrected chi connectivity index (χ2v) is 6.11. The van der Waals surface area contributed by atoms with Crippen molar-refractivity contribution in [3.8, 4) is 0 Å². The van der Waals surface area contributed by atoms with Crippen LogP contribution in [0.3, 0.4) is 0 Å². The Balaban J connectivity index is 1.94. The van der Waals surface area contributed by atoms with E-state index in [2.05, 4.69) is 5.10 Å². The molecule has 3 rings (SSSR count). The first-order valence-electron chi connectivity index (χ1n) is 6.97. The molecule has 23 heavy (non-hydrogen) atoms. The Morgan fingerprint density at radius 3 is 2.70 bits per heavy atom. The zero-order chi connectivity index (χ0) is 16.6. The summed E-state index contributed by atoms with van der Waals surface area (Å²) >= 11 is 11.9. The van der Waals surface area contributed by atoms with Gasteiger partial charge in [-0.3, -0.25) is 0 Å². The molecule has 1 unspecified atom stereocenters. The first kappa shape index (κ1) is 15.9. The van der Waals surface area contributed by atoms with Gasteiger partial charge in [0.05, 0.1) is 6.54 Å². The predicted octanol–water partition coefficient (Wildman–Crippen LogP) is 2.93. The van der Waals surface area contributed by atoms with Crippen LogP contribution in [0.1, 0.15) is 30.5 Å². The van der Waals surface area contributed by atoms with Crippen molar-refractivity contribution in [2.45, 2.75) is 32.0 Å². The van der Waals surface area contributed by atoms with Gasteiger partial charge in [-0.2, -0.15) is 5.10 Å². The summed E-state index contributed by atoms with van der Waals surface area (Å²) in [6.45, 7) is 0.193. The van der Waals surface area contributed by atoms with Crippen molar-refractivity contribution < 1.29 is 14.6 Å². The lowest BCUT2D eigenvalue weighted by Crippen LogP contribution is -2.33. The van der Waals surface area contributed by atoms with E-state index < -0.39 is 18.1 Å². The molecule has 1 aliphatic rings. The lowest BCUT2D eigenvalue weighted by atomic mass is 10.1. The normalized spacial score (nSPS) is 16.9. The van der Waals surface area contributed by atoms with Crippen LogP contribution in [0.2, 0.25) is 10.0 Å². The van der Waals surface area contributed by atoms with Gasteiger partial charge in [0.1, 0.15) is 5.82 Å². The SMILES string of the molecule is O=C(O)OC1CCCc2nn(Cc3cc(Cl)cc(Cl)c3)c(=O)n21. The van der Waals surface area contributed by atoms with Crippen molar-refractivity contribution in [3.05, 3.63) is 50.1 Å². The van der Waals surface area contributed by atoms with Gasteiger partial charge >= 0.3 is 11.8 Å². The highest BCUT2D eigenvalue weighted by molar-refractivity contribution is 6.34. The minimum Gasteiger partial charge on any atom is -0.450 e. The van der Waals surface area contributed by atoms with Gasteiger partial charge in [0.2, 0.25) is 0 Å². The molecule has 1 atom stereocenters. The van der Waals surface area contributed by atoms with E-state index in [1.165, 1.54) is 9.25 Å². The zero-order valence-corrected chi connectivity index (χ0v) is 13.4. The van der Waals surface area contributed by atoms with E-state index >= 15 is 0 Å². The largest absolute Gasteiger partial charge is 0.507 e. The van der Waals surface area contributed by atoms with E-state index in [0.29, 0.717) is 35.1 Å². The van der Waals surface area contributed by atoms with Crippen LogP contribution in [0.15, 0.2) is 23.0 Å². The van der Waals surface area contributed by atoms with Crippen LogP contribution >= 0.6 is 23.2 Å². The number of hydrogen-bond donors (Lipinski definition) is 1. The molecule has 0 amide bonds. The number of rotatable bonds is 3. The molecule has 122 valence electrons. The minimum absolute atomic E-state index is 0.193. The fourth-order valence-electron chi connectivity index (χ4n) is 2.69. The maximum atomic E-state index is 12.5. The highest BCUT2D eigenvalue weighted by Gasteiger charge is 2.28. The average molecular weight is 358 g/mol. The van der Waals surface area contributed by atoms with Gasteiger partial charge in [-0.15, -0.1) is 0 Å². The molecule has 1 aliphatic heterocycles. The molecule has 0 fully saturated rings. The fraction of sp³-hybridized carbons (Fsp3) is 0.357. The van der Waals surface area contributed by atoms with E-state index in [-0.39, 0.29) is 6.54 Å². The Labute approximate surface area is 141 Å². The van der Waals surface area contributed by atoms with Crippen molar-refractivity contribution in [1.82, 2.24) is 14.3 Å². The molecular formula is C14H13Cl2N3O4. The summed E-state index contributed by atoms with van der Waals surface area (Å²) in [7, 11) is 0. The highest BCUT2D eigenvalue weighted by atomic mass is 35.5. The third-order valence-corrected chi connectivity index (χ3v) is 4.01. The Bertz CT molecular complexity index is 795. The maximum absolute atomic E-state index is 12.5. The van der Waals surface area contributed by atoms with Crippen LogP contribution in [0.25, 0.3) is 0 Å². The number of aromatic nitrogens is 3. The van der Waals surface area contributed by atoms with Gasteiger partial charge in [0.15, 0.2) is 6.23 Å². The maximum Gasteiger partial charge on any atom is 0.507 e. The first-order chi connectivity index (χ1) is 10.9. The average Bonchev–Trinajstić information content (AvgIpc) is 2.75. The van der Waals surface area contributed by atoms with Gasteiger partial charge in [-0.1, -0.05) is 23.2 Å². The number of carbonyl (C=O) groups is 1. The highest BCUT2D eigenvalue weighted by Crippen LogP contribution is 2.23. The molecule has 0 aliphatic carbocycles. The van der Waals surface area contributed by atoms with Gasteiger partial charge in [-0.25, -0.2) is 18.8 Å². The van der Waals surface area contributed by atoms with Gasteiger partial charge in [0.25, 0.3) is 0 Å². The van der Waals surface area contributed by atoms with Gasteiger partial charge in [0, 0.05) is 22.9 Å². The smallest absolute Gasteiger partial charge is 0.450 e. The Morgan fingerprint density at radius 2 is 2.04 bits per heavy atom. The molecule has 0 spiro atoms. The van der Waals surface area contributed by atoms with Crippen molar-refractivity contribution in [3.63, 3.8) is 0 Å². The van der Waals surface area contributed by atoms with Crippen molar-refractivity contribution in [2.75, 3.05) is 0 Å². The number of carboxylic acid groups (broad SMARTS) is 1. The number of benzene rings is 1. The second-order valence-electron chi connectivity index (χ2n) is 5.23. The number of aryl methyl sites for hydroxylation is 1. The summed E-state index contributed by atoms with van der Waals surface area (Å²) in [5.41, 5.74) is 0.317. The molecule has 0 radical (unpaired) electrons. The molecule has 0 saturated carbocycles. The number of ether oxygens (including phenoxy) is 1. The molecular weight excluding hydrogens is 345 g/mol. The second kappa shape index (κ2) is 6.25. The topological polar surface area (TPSA) is 86.3 Å². The lowest BCUT2D eigenvalue weighted by Gasteiger charge is -2.21. The Kier molecular flexibility index (Phi) is 4.32. The quantitative estimate of drug-likeness (QED) is 0.853. The summed E-state index contributed by atoms with van der Waals surface area (Å²) < 4.78 is 7.34. The molecule has 0 saturated heterocycles. The van der Waals surface area contributed by atoms with E-state index in [0.717, 1.165) is 5.56 Å². The van der Waals surface area contributed by atoms with Crippen LogP contribution in [-0.4, -0.2) is 25.6 Å². The molecule has 7 nitrogen and oxygen atoms in total. The Morgan fingerprint density at radius 1 is 1.35 bits per heavy atom. The summed E-state index contributed by atoms with van der Waals surface area (Å²) in [5, 5.41) is 14.0. The van der Waals surface area contributed by atoms with E-state index in [1.54, 1.807) is 18.2 Å². The summed E-state index contributed by atoms with van der Waals surface area (Å²) in [5.74, 6) is 0.514. The summed E-state index contributed by atoms with van der Waals surface area (Å²) in [4.78, 5) is 23.3. The number of nitrogens with zero attached hydrogens (tertiary/aromatic N) is 3. The summed E-state index contributed by atoms with van der Waals surface area (Å²) in [6, 6.07) is 5.00. The van der Waals surface area contributed by atoms with Gasteiger partial charge in [-0.05, 0) is 30.2 Å². The third kappa shape index (κ3) is 3.35. The van der Waals surface area contributed by atoms with Crippen molar-refractivity contribution in [2.24, 2.45) is 0 Å². The molecule has 9 heteroatoms. The Hall–Kier alpha value is -1.99. The van der Waals surface area contributed by atoms with Crippen LogP contribution in [0.5, 0.6) is 0 Å². The first-order valence-corrected chi connectivity index (χ1v) is 7.72. The summed E-state index contributed by atoms with van der Waals surface area (Å²) in [6.07, 6.45) is -0.492. The molecule has 1 aromatic heterocycles.